The predicted octanol–water partition coefficient (Wildman–Crippen LogP) is 3.93. The van der Waals surface area contributed by atoms with Crippen LogP contribution in [0.5, 0.6) is 0 Å². The number of aromatic nitrogens is 2. The van der Waals surface area contributed by atoms with Crippen LogP contribution in [0.4, 0.5) is 0 Å². The second-order valence-electron chi connectivity index (χ2n) is 7.55. The average molecular weight is 452 g/mol. The van der Waals surface area contributed by atoms with Gasteiger partial charge >= 0.3 is 0 Å². The Hall–Kier alpha value is -2.51. The first-order valence-electron chi connectivity index (χ1n) is 10.4. The molecule has 0 saturated carbocycles. The topological polar surface area (TPSA) is 64.0 Å². The van der Waals surface area contributed by atoms with E-state index in [-0.39, 0.29) is 17.2 Å². The van der Waals surface area contributed by atoms with Gasteiger partial charge in [-0.1, -0.05) is 79.3 Å². The van der Waals surface area contributed by atoms with Crippen molar-refractivity contribution in [1.82, 2.24) is 14.9 Å². The monoisotopic (exact) mass is 451 g/mol. The highest BCUT2D eigenvalue weighted by Crippen LogP contribution is 2.34. The third-order valence-corrected chi connectivity index (χ3v) is 7.29. The molecule has 1 atom stereocenters. The molecule has 1 unspecified atom stereocenters. The molecular weight excluding hydrogens is 426 g/mol. The summed E-state index contributed by atoms with van der Waals surface area (Å²) in [5, 5.41) is 3.92. The Balaban J connectivity index is 1.47. The van der Waals surface area contributed by atoms with Crippen molar-refractivity contribution < 1.29 is 4.79 Å². The zero-order chi connectivity index (χ0) is 21.6. The van der Waals surface area contributed by atoms with Crippen molar-refractivity contribution in [2.75, 3.05) is 5.75 Å². The molecule has 1 amide bonds. The molecule has 160 valence electrons. The molecular formula is C24H25N3O2S2. The molecule has 1 N–H and O–H groups in total. The summed E-state index contributed by atoms with van der Waals surface area (Å²) in [4.78, 5) is 31.1. The zero-order valence-corrected chi connectivity index (χ0v) is 19.0. The number of thioether (sulfide) groups is 2. The van der Waals surface area contributed by atoms with Crippen molar-refractivity contribution in [3.8, 4) is 0 Å². The van der Waals surface area contributed by atoms with Gasteiger partial charge in [0.05, 0.1) is 16.3 Å². The summed E-state index contributed by atoms with van der Waals surface area (Å²) >= 11 is 2.95. The SMILES string of the molecule is CC1Cc2nc(SCC(=O)NCc3ccccc3)n(CCc3ccccc3)c(=O)c2S1. The molecule has 3 aromatic rings. The fourth-order valence-electron chi connectivity index (χ4n) is 3.50. The number of hydrogen-bond acceptors (Lipinski definition) is 5. The Labute approximate surface area is 190 Å². The highest BCUT2D eigenvalue weighted by Gasteiger charge is 2.26. The minimum Gasteiger partial charge on any atom is -0.351 e. The number of benzene rings is 2. The normalized spacial score (nSPS) is 14.9. The molecule has 31 heavy (non-hydrogen) atoms. The summed E-state index contributed by atoms with van der Waals surface area (Å²) in [6.07, 6.45) is 1.54. The van der Waals surface area contributed by atoms with Gasteiger partial charge in [0.25, 0.3) is 5.56 Å². The summed E-state index contributed by atoms with van der Waals surface area (Å²) < 4.78 is 1.74. The van der Waals surface area contributed by atoms with E-state index in [0.29, 0.717) is 23.5 Å². The molecule has 0 bridgehead atoms. The van der Waals surface area contributed by atoms with Gasteiger partial charge in [-0.25, -0.2) is 4.98 Å². The van der Waals surface area contributed by atoms with Gasteiger partial charge in [0, 0.05) is 24.8 Å². The molecule has 1 aliphatic heterocycles. The maximum Gasteiger partial charge on any atom is 0.268 e. The number of fused-ring (bicyclic) bond motifs is 1. The van der Waals surface area contributed by atoms with Crippen molar-refractivity contribution in [3.05, 3.63) is 87.8 Å². The van der Waals surface area contributed by atoms with Crippen LogP contribution in [0.3, 0.4) is 0 Å². The van der Waals surface area contributed by atoms with Crippen LogP contribution >= 0.6 is 23.5 Å². The largest absolute Gasteiger partial charge is 0.351 e. The van der Waals surface area contributed by atoms with Gasteiger partial charge in [-0.2, -0.15) is 0 Å². The number of amides is 1. The van der Waals surface area contributed by atoms with Gasteiger partial charge in [0.2, 0.25) is 5.91 Å². The van der Waals surface area contributed by atoms with Crippen molar-refractivity contribution in [2.24, 2.45) is 0 Å². The van der Waals surface area contributed by atoms with Crippen molar-refractivity contribution in [3.63, 3.8) is 0 Å². The number of carbonyl (C=O) groups is 1. The molecule has 1 aromatic heterocycles. The minimum atomic E-state index is -0.0686. The number of nitrogens with one attached hydrogen (secondary N) is 1. The highest BCUT2D eigenvalue weighted by atomic mass is 32.2. The summed E-state index contributed by atoms with van der Waals surface area (Å²) in [6, 6.07) is 19.9. The van der Waals surface area contributed by atoms with Crippen LogP contribution in [-0.2, 0) is 30.7 Å². The maximum absolute atomic E-state index is 13.2. The third-order valence-electron chi connectivity index (χ3n) is 5.09. The quantitative estimate of drug-likeness (QED) is 0.415. The number of aryl methyl sites for hydroxylation is 1. The van der Waals surface area contributed by atoms with E-state index >= 15 is 0 Å². The molecule has 0 radical (unpaired) electrons. The van der Waals surface area contributed by atoms with Crippen molar-refractivity contribution in [2.45, 2.75) is 48.2 Å². The van der Waals surface area contributed by atoms with Crippen LogP contribution in [0.1, 0.15) is 23.7 Å². The van der Waals surface area contributed by atoms with E-state index in [1.54, 1.807) is 16.3 Å². The minimum absolute atomic E-state index is 0.0162. The lowest BCUT2D eigenvalue weighted by atomic mass is 10.1. The Bertz CT molecular complexity index is 1100. The molecule has 0 fully saturated rings. The van der Waals surface area contributed by atoms with E-state index in [9.17, 15) is 9.59 Å². The van der Waals surface area contributed by atoms with Crippen LogP contribution in [0.25, 0.3) is 0 Å². The first-order valence-corrected chi connectivity index (χ1v) is 12.2. The van der Waals surface area contributed by atoms with Gasteiger partial charge in [0.15, 0.2) is 5.16 Å². The summed E-state index contributed by atoms with van der Waals surface area (Å²) in [5.41, 5.74) is 3.11. The van der Waals surface area contributed by atoms with E-state index in [1.807, 2.05) is 48.5 Å². The van der Waals surface area contributed by atoms with Crippen LogP contribution in [0.15, 0.2) is 75.5 Å². The summed E-state index contributed by atoms with van der Waals surface area (Å²) in [6.45, 7) is 3.16. The van der Waals surface area contributed by atoms with E-state index in [0.717, 1.165) is 29.0 Å². The fourth-order valence-corrected chi connectivity index (χ4v) is 5.49. The van der Waals surface area contributed by atoms with Crippen molar-refractivity contribution >= 4 is 29.4 Å². The molecule has 7 heteroatoms. The fraction of sp³-hybridized carbons (Fsp3) is 0.292. The lowest BCUT2D eigenvalue weighted by molar-refractivity contribution is -0.118. The standard InChI is InChI=1S/C24H25N3O2S2/c1-17-14-20-22(31-17)23(29)27(13-12-18-8-4-2-5-9-18)24(26-20)30-16-21(28)25-15-19-10-6-3-7-11-19/h2-11,17H,12-16H2,1H3,(H,25,28). The molecule has 4 rings (SSSR count). The first kappa shape index (κ1) is 21.7. The first-order chi connectivity index (χ1) is 15.1. The highest BCUT2D eigenvalue weighted by molar-refractivity contribution is 8.00. The smallest absolute Gasteiger partial charge is 0.268 e. The molecule has 0 aliphatic carbocycles. The van der Waals surface area contributed by atoms with Crippen LogP contribution in [0.2, 0.25) is 0 Å². The van der Waals surface area contributed by atoms with Gasteiger partial charge in [-0.3, -0.25) is 14.2 Å². The van der Waals surface area contributed by atoms with E-state index in [1.165, 1.54) is 17.3 Å². The van der Waals surface area contributed by atoms with Gasteiger partial charge in [0.1, 0.15) is 0 Å². The Morgan fingerprint density at radius 1 is 1.13 bits per heavy atom. The Morgan fingerprint density at radius 3 is 2.52 bits per heavy atom. The average Bonchev–Trinajstić information content (AvgIpc) is 3.17. The summed E-state index contributed by atoms with van der Waals surface area (Å²) in [5.74, 6) is 0.160. The molecule has 0 spiro atoms. The second-order valence-corrected chi connectivity index (χ2v) is 9.94. The summed E-state index contributed by atoms with van der Waals surface area (Å²) in [7, 11) is 0. The van der Waals surface area contributed by atoms with Gasteiger partial charge < -0.3 is 5.32 Å². The molecule has 1 aliphatic rings. The predicted molar refractivity (Wildman–Crippen MR) is 127 cm³/mol. The van der Waals surface area contributed by atoms with E-state index in [2.05, 4.69) is 24.4 Å². The number of carbonyl (C=O) groups excluding carboxylic acids is 1. The Morgan fingerprint density at radius 2 is 1.81 bits per heavy atom. The molecule has 5 nitrogen and oxygen atoms in total. The molecule has 2 heterocycles. The van der Waals surface area contributed by atoms with E-state index in [4.69, 9.17) is 4.98 Å². The molecule has 2 aromatic carbocycles. The number of rotatable bonds is 8. The van der Waals surface area contributed by atoms with Gasteiger partial charge in [-0.15, -0.1) is 11.8 Å². The Kier molecular flexibility index (Phi) is 7.14. The number of nitrogens with zero attached hydrogens (tertiary/aromatic N) is 2. The van der Waals surface area contributed by atoms with Crippen LogP contribution in [0, 0.1) is 0 Å². The lowest BCUT2D eigenvalue weighted by Gasteiger charge is -2.14. The van der Waals surface area contributed by atoms with E-state index < -0.39 is 0 Å². The number of hydrogen-bond donors (Lipinski definition) is 1. The van der Waals surface area contributed by atoms with Crippen molar-refractivity contribution in [1.29, 1.82) is 0 Å². The van der Waals surface area contributed by atoms with Crippen LogP contribution in [-0.4, -0.2) is 26.5 Å². The maximum atomic E-state index is 13.2. The lowest BCUT2D eigenvalue weighted by Crippen LogP contribution is -2.28. The second kappa shape index (κ2) is 10.2. The molecule has 0 saturated heterocycles. The van der Waals surface area contributed by atoms with Gasteiger partial charge in [-0.05, 0) is 17.5 Å². The third kappa shape index (κ3) is 5.60. The zero-order valence-electron chi connectivity index (χ0n) is 17.4. The van der Waals surface area contributed by atoms with Crippen LogP contribution < -0.4 is 10.9 Å².